The van der Waals surface area contributed by atoms with Gasteiger partial charge in [0.1, 0.15) is 12.1 Å². The number of hydrogen-bond acceptors (Lipinski definition) is 4. The summed E-state index contributed by atoms with van der Waals surface area (Å²) in [5.41, 5.74) is 3.18. The van der Waals surface area contributed by atoms with Crippen LogP contribution in [0.2, 0.25) is 0 Å². The predicted molar refractivity (Wildman–Crippen MR) is 124 cm³/mol. The summed E-state index contributed by atoms with van der Waals surface area (Å²) in [7, 11) is 0. The molecule has 2 aromatic carbocycles. The SMILES string of the molecule is O=C(NC(Cn1cnc2ccccc21)c1ccc(F)cc1)C1CCN(C(=O)c2ccoc2)CC1. The molecule has 7 nitrogen and oxygen atoms in total. The van der Waals surface area contributed by atoms with Gasteiger partial charge in [-0.2, -0.15) is 0 Å². The summed E-state index contributed by atoms with van der Waals surface area (Å²) in [4.78, 5) is 32.0. The van der Waals surface area contributed by atoms with Gasteiger partial charge in [-0.05, 0) is 48.7 Å². The molecule has 0 spiro atoms. The molecule has 1 N–H and O–H groups in total. The average molecular weight is 461 g/mol. The van der Waals surface area contributed by atoms with Gasteiger partial charge in [0.25, 0.3) is 5.91 Å². The van der Waals surface area contributed by atoms with Crippen molar-refractivity contribution in [3.8, 4) is 0 Å². The van der Waals surface area contributed by atoms with Crippen molar-refractivity contribution >= 4 is 22.8 Å². The number of hydrogen-bond donors (Lipinski definition) is 1. The molecular weight excluding hydrogens is 435 g/mol. The maximum absolute atomic E-state index is 13.6. The van der Waals surface area contributed by atoms with E-state index in [1.807, 2.05) is 28.8 Å². The predicted octanol–water partition coefficient (Wildman–Crippen LogP) is 4.18. The molecule has 0 aliphatic carbocycles. The molecule has 5 rings (SSSR count). The molecule has 3 heterocycles. The second-order valence-corrected chi connectivity index (χ2v) is 8.58. The Morgan fingerprint density at radius 1 is 1.09 bits per heavy atom. The van der Waals surface area contributed by atoms with Crippen molar-refractivity contribution in [3.05, 3.63) is 90.4 Å². The third-order valence-electron chi connectivity index (χ3n) is 6.42. The zero-order chi connectivity index (χ0) is 23.5. The molecule has 174 valence electrons. The number of halogens is 1. The molecule has 0 bridgehead atoms. The second-order valence-electron chi connectivity index (χ2n) is 8.58. The highest BCUT2D eigenvalue weighted by atomic mass is 19.1. The van der Waals surface area contributed by atoms with Crippen LogP contribution in [0.4, 0.5) is 4.39 Å². The van der Waals surface area contributed by atoms with Crippen molar-refractivity contribution in [2.45, 2.75) is 25.4 Å². The van der Waals surface area contributed by atoms with Gasteiger partial charge < -0.3 is 19.2 Å². The standard InChI is InChI=1S/C26H25FN4O3/c27-21-7-5-18(6-8-21)23(15-31-17-28-22-3-1-2-4-24(22)31)29-25(32)19-9-12-30(13-10-19)26(33)20-11-14-34-16-20/h1-8,11,14,16-17,19,23H,9-10,12-13,15H2,(H,29,32). The summed E-state index contributed by atoms with van der Waals surface area (Å²) in [5, 5.41) is 3.17. The Bertz CT molecular complexity index is 1280. The number of imidazole rings is 1. The number of nitrogens with zero attached hydrogens (tertiary/aromatic N) is 3. The number of rotatable bonds is 6. The molecule has 2 amide bonds. The van der Waals surface area contributed by atoms with E-state index in [0.29, 0.717) is 38.0 Å². The summed E-state index contributed by atoms with van der Waals surface area (Å²) >= 11 is 0. The van der Waals surface area contributed by atoms with Gasteiger partial charge in [-0.3, -0.25) is 9.59 Å². The zero-order valence-electron chi connectivity index (χ0n) is 18.6. The van der Waals surface area contributed by atoms with E-state index in [4.69, 9.17) is 4.42 Å². The fraction of sp³-hybridized carbons (Fsp3) is 0.269. The lowest BCUT2D eigenvalue weighted by Crippen LogP contribution is -2.44. The molecular formula is C26H25FN4O3. The number of carbonyl (C=O) groups excluding carboxylic acids is 2. The minimum Gasteiger partial charge on any atom is -0.472 e. The minimum atomic E-state index is -0.351. The van der Waals surface area contributed by atoms with E-state index >= 15 is 0 Å². The van der Waals surface area contributed by atoms with Crippen molar-refractivity contribution in [1.82, 2.24) is 19.8 Å². The maximum atomic E-state index is 13.6. The van der Waals surface area contributed by atoms with Crippen LogP contribution in [-0.2, 0) is 11.3 Å². The fourth-order valence-corrected chi connectivity index (χ4v) is 4.49. The van der Waals surface area contributed by atoms with Gasteiger partial charge in [-0.1, -0.05) is 24.3 Å². The van der Waals surface area contributed by atoms with E-state index in [-0.39, 0.29) is 29.6 Å². The van der Waals surface area contributed by atoms with Crippen molar-refractivity contribution in [1.29, 1.82) is 0 Å². The Morgan fingerprint density at radius 3 is 2.59 bits per heavy atom. The van der Waals surface area contributed by atoms with Crippen LogP contribution >= 0.6 is 0 Å². The molecule has 1 aliphatic heterocycles. The van der Waals surface area contributed by atoms with E-state index in [0.717, 1.165) is 16.6 Å². The highest BCUT2D eigenvalue weighted by Crippen LogP contribution is 2.24. The van der Waals surface area contributed by atoms with E-state index in [1.54, 1.807) is 29.4 Å². The topological polar surface area (TPSA) is 80.4 Å². The van der Waals surface area contributed by atoms with Crippen LogP contribution in [0.1, 0.15) is 34.8 Å². The molecule has 0 radical (unpaired) electrons. The first-order valence-corrected chi connectivity index (χ1v) is 11.4. The van der Waals surface area contributed by atoms with Crippen LogP contribution in [0.3, 0.4) is 0 Å². The zero-order valence-corrected chi connectivity index (χ0v) is 18.6. The van der Waals surface area contributed by atoms with Crippen LogP contribution in [-0.4, -0.2) is 39.4 Å². The number of piperidine rings is 1. The van der Waals surface area contributed by atoms with Gasteiger partial charge in [-0.15, -0.1) is 0 Å². The normalized spacial score (nSPS) is 15.4. The van der Waals surface area contributed by atoms with E-state index < -0.39 is 0 Å². The third kappa shape index (κ3) is 4.57. The van der Waals surface area contributed by atoms with Crippen LogP contribution in [0.15, 0.2) is 77.9 Å². The lowest BCUT2D eigenvalue weighted by Gasteiger charge is -2.32. The smallest absolute Gasteiger partial charge is 0.257 e. The van der Waals surface area contributed by atoms with Gasteiger partial charge in [0.05, 0.1) is 35.2 Å². The van der Waals surface area contributed by atoms with Crippen LogP contribution < -0.4 is 5.32 Å². The number of nitrogens with one attached hydrogen (secondary N) is 1. The third-order valence-corrected chi connectivity index (χ3v) is 6.42. The Labute approximate surface area is 196 Å². The first-order chi connectivity index (χ1) is 16.6. The lowest BCUT2D eigenvalue weighted by atomic mass is 9.94. The van der Waals surface area contributed by atoms with E-state index in [1.165, 1.54) is 24.7 Å². The number of amides is 2. The molecule has 34 heavy (non-hydrogen) atoms. The van der Waals surface area contributed by atoms with Gasteiger partial charge in [0.2, 0.25) is 5.91 Å². The second kappa shape index (κ2) is 9.51. The number of likely N-dealkylation sites (tertiary alicyclic amines) is 1. The van der Waals surface area contributed by atoms with Crippen LogP contribution in [0.25, 0.3) is 11.0 Å². The Balaban J connectivity index is 1.29. The summed E-state index contributed by atoms with van der Waals surface area (Å²) in [6.07, 6.45) is 5.84. The molecule has 8 heteroatoms. The Morgan fingerprint density at radius 2 is 1.85 bits per heavy atom. The summed E-state index contributed by atoms with van der Waals surface area (Å²) in [6.45, 7) is 1.49. The number of para-hydroxylation sites is 2. The number of carbonyl (C=O) groups is 2. The van der Waals surface area contributed by atoms with Gasteiger partial charge in [0.15, 0.2) is 0 Å². The van der Waals surface area contributed by atoms with Crippen LogP contribution in [0.5, 0.6) is 0 Å². The highest BCUT2D eigenvalue weighted by Gasteiger charge is 2.29. The molecule has 1 fully saturated rings. The molecule has 1 unspecified atom stereocenters. The first-order valence-electron chi connectivity index (χ1n) is 11.4. The largest absolute Gasteiger partial charge is 0.472 e. The van der Waals surface area contributed by atoms with E-state index in [2.05, 4.69) is 10.3 Å². The first kappa shape index (κ1) is 21.9. The number of benzene rings is 2. The average Bonchev–Trinajstić information content (AvgIpc) is 3.55. The summed E-state index contributed by atoms with van der Waals surface area (Å²) < 4.78 is 20.6. The fourth-order valence-electron chi connectivity index (χ4n) is 4.49. The molecule has 1 atom stereocenters. The van der Waals surface area contributed by atoms with Gasteiger partial charge >= 0.3 is 0 Å². The lowest BCUT2D eigenvalue weighted by molar-refractivity contribution is -0.127. The number of fused-ring (bicyclic) bond motifs is 1. The number of aromatic nitrogens is 2. The number of furan rings is 1. The van der Waals surface area contributed by atoms with Gasteiger partial charge in [0, 0.05) is 25.6 Å². The minimum absolute atomic E-state index is 0.0610. The molecule has 4 aromatic rings. The highest BCUT2D eigenvalue weighted by molar-refractivity contribution is 5.94. The Kier molecular flexibility index (Phi) is 6.12. The molecule has 2 aromatic heterocycles. The molecule has 0 saturated carbocycles. The Hall–Kier alpha value is -3.94. The van der Waals surface area contributed by atoms with Gasteiger partial charge in [-0.25, -0.2) is 9.37 Å². The van der Waals surface area contributed by atoms with Crippen LogP contribution in [0, 0.1) is 11.7 Å². The molecule has 1 saturated heterocycles. The van der Waals surface area contributed by atoms with Crippen molar-refractivity contribution in [2.24, 2.45) is 5.92 Å². The summed E-state index contributed by atoms with van der Waals surface area (Å²) in [6, 6.07) is 15.3. The maximum Gasteiger partial charge on any atom is 0.257 e. The monoisotopic (exact) mass is 460 g/mol. The van der Waals surface area contributed by atoms with Crippen molar-refractivity contribution in [3.63, 3.8) is 0 Å². The molecule has 1 aliphatic rings. The van der Waals surface area contributed by atoms with Crippen molar-refractivity contribution < 1.29 is 18.4 Å². The van der Waals surface area contributed by atoms with E-state index in [9.17, 15) is 14.0 Å². The summed E-state index contributed by atoms with van der Waals surface area (Å²) in [5.74, 6) is -0.662. The quantitative estimate of drug-likeness (QED) is 0.468. The van der Waals surface area contributed by atoms with Crippen molar-refractivity contribution in [2.75, 3.05) is 13.1 Å².